The lowest BCUT2D eigenvalue weighted by atomic mass is 10.2. The van der Waals surface area contributed by atoms with E-state index in [9.17, 15) is 19.6 Å². The molecule has 1 aliphatic rings. The van der Waals surface area contributed by atoms with Gasteiger partial charge in [-0.05, 0) is 44.4 Å². The number of esters is 1. The quantitative estimate of drug-likeness (QED) is 0.533. The highest BCUT2D eigenvalue weighted by molar-refractivity contribution is 5.93. The van der Waals surface area contributed by atoms with Crippen LogP contribution in [-0.2, 0) is 20.9 Å². The van der Waals surface area contributed by atoms with Gasteiger partial charge < -0.3 is 19.0 Å². The van der Waals surface area contributed by atoms with Crippen LogP contribution in [0.4, 0.5) is 5.82 Å². The van der Waals surface area contributed by atoms with Crippen molar-refractivity contribution in [3.63, 3.8) is 0 Å². The van der Waals surface area contributed by atoms with E-state index in [4.69, 9.17) is 9.15 Å². The minimum atomic E-state index is -0.816. The fourth-order valence-corrected chi connectivity index (χ4v) is 4.29. The van der Waals surface area contributed by atoms with Gasteiger partial charge in [0.05, 0.1) is 5.56 Å². The molecule has 1 amide bonds. The first-order valence-electron chi connectivity index (χ1n) is 11.1. The van der Waals surface area contributed by atoms with Gasteiger partial charge in [-0.3, -0.25) is 9.59 Å². The van der Waals surface area contributed by atoms with Crippen LogP contribution in [0.25, 0.3) is 11.5 Å². The summed E-state index contributed by atoms with van der Waals surface area (Å²) in [5, 5.41) is 16.4. The zero-order chi connectivity index (χ0) is 24.2. The van der Waals surface area contributed by atoms with Gasteiger partial charge in [0.2, 0.25) is 5.89 Å². The molecule has 10 heteroatoms. The number of hydrogen-bond acceptors (Lipinski definition) is 7. The van der Waals surface area contributed by atoms with Crippen LogP contribution in [0.1, 0.15) is 48.5 Å². The number of aromatic nitrogens is 3. The van der Waals surface area contributed by atoms with E-state index in [0.717, 1.165) is 41.6 Å². The van der Waals surface area contributed by atoms with Crippen LogP contribution in [0, 0.1) is 25.2 Å². The number of amides is 1. The van der Waals surface area contributed by atoms with Crippen LogP contribution in [0.5, 0.6) is 0 Å². The van der Waals surface area contributed by atoms with Crippen LogP contribution in [0.2, 0.25) is 0 Å². The average molecular weight is 463 g/mol. The zero-order valence-corrected chi connectivity index (χ0v) is 19.0. The molecular formula is C24H25N5O5. The zero-order valence-electron chi connectivity index (χ0n) is 19.0. The van der Waals surface area contributed by atoms with Crippen molar-refractivity contribution in [2.45, 2.75) is 52.1 Å². The summed E-state index contributed by atoms with van der Waals surface area (Å²) >= 11 is 0. The molecule has 0 unspecified atom stereocenters. The molecule has 4 rings (SSSR count). The number of rotatable bonds is 7. The SMILES string of the molecule is Cc1c(C#N)c(NC(=O)COC(=O)Cn2nc(-c3ccccc3)oc2=O)n(C2CCCC2)c1C. The van der Waals surface area contributed by atoms with Crippen LogP contribution in [0.3, 0.4) is 0 Å². The molecule has 0 radical (unpaired) electrons. The molecule has 1 aromatic carbocycles. The van der Waals surface area contributed by atoms with Gasteiger partial charge in [0, 0.05) is 17.3 Å². The second-order valence-corrected chi connectivity index (χ2v) is 8.26. The molecule has 2 aromatic heterocycles. The van der Waals surface area contributed by atoms with Crippen molar-refractivity contribution in [2.24, 2.45) is 0 Å². The van der Waals surface area contributed by atoms with Crippen LogP contribution in [-0.4, -0.2) is 32.8 Å². The molecular weight excluding hydrogens is 438 g/mol. The number of hydrogen-bond donors (Lipinski definition) is 1. The molecule has 1 aliphatic carbocycles. The molecule has 34 heavy (non-hydrogen) atoms. The molecule has 1 fully saturated rings. The second kappa shape index (κ2) is 9.79. The van der Waals surface area contributed by atoms with Gasteiger partial charge in [0.1, 0.15) is 18.4 Å². The molecule has 1 N–H and O–H groups in total. The Morgan fingerprint density at radius 2 is 1.94 bits per heavy atom. The summed E-state index contributed by atoms with van der Waals surface area (Å²) in [7, 11) is 0. The Bertz CT molecular complexity index is 1310. The van der Waals surface area contributed by atoms with E-state index >= 15 is 0 Å². The normalized spacial score (nSPS) is 13.6. The Morgan fingerprint density at radius 1 is 1.24 bits per heavy atom. The predicted octanol–water partition coefficient (Wildman–Crippen LogP) is 3.09. The molecule has 2 heterocycles. The Balaban J connectivity index is 1.40. The highest BCUT2D eigenvalue weighted by atomic mass is 16.5. The minimum absolute atomic E-state index is 0.0820. The molecule has 1 saturated carbocycles. The highest BCUT2D eigenvalue weighted by Gasteiger charge is 2.27. The van der Waals surface area contributed by atoms with Gasteiger partial charge in [-0.15, -0.1) is 5.10 Å². The number of nitriles is 1. The molecule has 0 aliphatic heterocycles. The van der Waals surface area contributed by atoms with E-state index in [1.165, 1.54) is 0 Å². The van der Waals surface area contributed by atoms with Crippen molar-refractivity contribution >= 4 is 17.7 Å². The van der Waals surface area contributed by atoms with Crippen LogP contribution in [0.15, 0.2) is 39.5 Å². The van der Waals surface area contributed by atoms with Crippen molar-refractivity contribution in [1.29, 1.82) is 5.26 Å². The fraction of sp³-hybridized carbons (Fsp3) is 0.375. The molecule has 10 nitrogen and oxygen atoms in total. The summed E-state index contributed by atoms with van der Waals surface area (Å²) in [6.07, 6.45) is 4.16. The van der Waals surface area contributed by atoms with Crippen molar-refractivity contribution in [2.75, 3.05) is 11.9 Å². The van der Waals surface area contributed by atoms with Crippen molar-refractivity contribution in [3.05, 3.63) is 57.7 Å². The van der Waals surface area contributed by atoms with Crippen molar-refractivity contribution < 1.29 is 18.7 Å². The first-order valence-corrected chi connectivity index (χ1v) is 11.1. The molecule has 0 bridgehead atoms. The van der Waals surface area contributed by atoms with E-state index in [1.807, 2.05) is 24.5 Å². The molecule has 0 spiro atoms. The Morgan fingerprint density at radius 3 is 2.62 bits per heavy atom. The van der Waals surface area contributed by atoms with E-state index in [-0.39, 0.29) is 11.9 Å². The maximum absolute atomic E-state index is 12.6. The number of carbonyl (C=O) groups is 2. The summed E-state index contributed by atoms with van der Waals surface area (Å²) < 4.78 is 13.0. The fourth-order valence-electron chi connectivity index (χ4n) is 4.29. The third kappa shape index (κ3) is 4.64. The first kappa shape index (κ1) is 23.0. The topological polar surface area (TPSA) is 132 Å². The maximum atomic E-state index is 12.6. The molecule has 3 aromatic rings. The van der Waals surface area contributed by atoms with Gasteiger partial charge in [0.25, 0.3) is 5.91 Å². The molecule has 0 atom stereocenters. The number of nitrogens with one attached hydrogen (secondary N) is 1. The predicted molar refractivity (Wildman–Crippen MR) is 122 cm³/mol. The lowest BCUT2D eigenvalue weighted by molar-refractivity contribution is -0.148. The summed E-state index contributed by atoms with van der Waals surface area (Å²) in [5.41, 5.74) is 2.76. The summed E-state index contributed by atoms with van der Waals surface area (Å²) in [6.45, 7) is 2.73. The summed E-state index contributed by atoms with van der Waals surface area (Å²) in [6, 6.07) is 11.2. The number of benzene rings is 1. The number of nitrogens with zero attached hydrogens (tertiary/aromatic N) is 4. The molecule has 0 saturated heterocycles. The largest absolute Gasteiger partial charge is 0.454 e. The lowest BCUT2D eigenvalue weighted by Gasteiger charge is -2.19. The minimum Gasteiger partial charge on any atom is -0.454 e. The van der Waals surface area contributed by atoms with E-state index < -0.39 is 30.8 Å². The van der Waals surface area contributed by atoms with Gasteiger partial charge in [-0.2, -0.15) is 9.94 Å². The van der Waals surface area contributed by atoms with Gasteiger partial charge >= 0.3 is 11.7 Å². The van der Waals surface area contributed by atoms with E-state index in [0.29, 0.717) is 16.9 Å². The maximum Gasteiger partial charge on any atom is 0.437 e. The average Bonchev–Trinajstić information content (AvgIpc) is 3.53. The third-order valence-electron chi connectivity index (χ3n) is 6.09. The van der Waals surface area contributed by atoms with Crippen molar-refractivity contribution in [3.8, 4) is 17.5 Å². The smallest absolute Gasteiger partial charge is 0.437 e. The van der Waals surface area contributed by atoms with Gasteiger partial charge in [-0.25, -0.2) is 4.79 Å². The number of ether oxygens (including phenoxy) is 1. The Labute approximate surface area is 195 Å². The van der Waals surface area contributed by atoms with Crippen LogP contribution >= 0.6 is 0 Å². The number of anilines is 1. The standard InChI is InChI=1S/C24H25N5O5/c1-15-16(2)29(18-10-6-7-11-18)22(19(15)12-25)26-20(30)14-33-21(31)13-28-24(32)34-23(27-28)17-8-4-3-5-9-17/h3-5,8-9,18H,6-7,10-11,13-14H2,1-2H3,(H,26,30). The van der Waals surface area contributed by atoms with Crippen molar-refractivity contribution in [1.82, 2.24) is 14.3 Å². The summed E-state index contributed by atoms with van der Waals surface area (Å²) in [5.74, 6) is -1.67. The Kier molecular flexibility index (Phi) is 6.63. The van der Waals surface area contributed by atoms with Gasteiger partial charge in [-0.1, -0.05) is 31.0 Å². The lowest BCUT2D eigenvalue weighted by Crippen LogP contribution is -2.27. The highest BCUT2D eigenvalue weighted by Crippen LogP contribution is 2.37. The monoisotopic (exact) mass is 463 g/mol. The van der Waals surface area contributed by atoms with Crippen LogP contribution < -0.4 is 11.1 Å². The number of carbonyl (C=O) groups excluding carboxylic acids is 2. The second-order valence-electron chi connectivity index (χ2n) is 8.26. The molecule has 176 valence electrons. The van der Waals surface area contributed by atoms with E-state index in [1.54, 1.807) is 24.3 Å². The van der Waals surface area contributed by atoms with E-state index in [2.05, 4.69) is 16.5 Å². The first-order chi connectivity index (χ1) is 16.4. The third-order valence-corrected chi connectivity index (χ3v) is 6.09. The van der Waals surface area contributed by atoms with Gasteiger partial charge in [0.15, 0.2) is 6.61 Å². The summed E-state index contributed by atoms with van der Waals surface area (Å²) in [4.78, 5) is 36.8. The Hall–Kier alpha value is -4.13.